The highest BCUT2D eigenvalue weighted by molar-refractivity contribution is 5.40. The molecule has 6 heteroatoms. The van der Waals surface area contributed by atoms with Crippen molar-refractivity contribution in [2.24, 2.45) is 0 Å². The molecule has 1 aliphatic rings. The molecule has 1 aromatic carbocycles. The van der Waals surface area contributed by atoms with Crippen molar-refractivity contribution in [1.29, 1.82) is 0 Å². The number of para-hydroxylation sites is 2. The molecule has 0 aromatic heterocycles. The monoisotopic (exact) mass is 260 g/mol. The molecule has 0 bridgehead atoms. The smallest absolute Gasteiger partial charge is 0.378 e. The van der Waals surface area contributed by atoms with E-state index in [1.54, 1.807) is 12.1 Å². The Morgan fingerprint density at radius 1 is 1.33 bits per heavy atom. The normalized spacial score (nSPS) is 18.7. The predicted octanol–water partition coefficient (Wildman–Crippen LogP) is 2.08. The Kier molecular flexibility index (Phi) is 3.98. The van der Waals surface area contributed by atoms with Crippen molar-refractivity contribution in [3.05, 3.63) is 24.3 Å². The van der Waals surface area contributed by atoms with Crippen molar-refractivity contribution in [2.75, 3.05) is 26.9 Å². The Labute approximate surface area is 103 Å². The number of halogens is 2. The summed E-state index contributed by atoms with van der Waals surface area (Å²) in [6.07, 6.45) is -3.67. The Morgan fingerprint density at radius 3 is 2.78 bits per heavy atom. The van der Waals surface area contributed by atoms with E-state index in [2.05, 4.69) is 4.74 Å². The highest BCUT2D eigenvalue weighted by Crippen LogP contribution is 2.30. The average Bonchev–Trinajstić information content (AvgIpc) is 2.38. The van der Waals surface area contributed by atoms with Gasteiger partial charge in [0.2, 0.25) is 0 Å². The van der Waals surface area contributed by atoms with Crippen LogP contribution < -0.4 is 9.47 Å². The van der Waals surface area contributed by atoms with Gasteiger partial charge in [-0.05, 0) is 12.1 Å². The Balaban J connectivity index is 1.80. The molecule has 1 atom stereocenters. The van der Waals surface area contributed by atoms with Crippen LogP contribution in [0.3, 0.4) is 0 Å². The van der Waals surface area contributed by atoms with Crippen LogP contribution in [0, 0.1) is 0 Å². The summed E-state index contributed by atoms with van der Waals surface area (Å²) in [7, 11) is 0.930. The molecule has 0 amide bonds. The van der Waals surface area contributed by atoms with Gasteiger partial charge in [0, 0.05) is 7.11 Å². The van der Waals surface area contributed by atoms with E-state index in [-0.39, 0.29) is 13.2 Å². The van der Waals surface area contributed by atoms with E-state index in [0.29, 0.717) is 11.5 Å². The SMILES string of the molecule is COC(F)(F)COCC1COc2ccccc2O1. The number of methoxy groups -OCH3 is 1. The number of alkyl halides is 2. The number of fused-ring (bicyclic) bond motifs is 1. The Hall–Kier alpha value is -1.40. The van der Waals surface area contributed by atoms with Crippen molar-refractivity contribution in [3.8, 4) is 11.5 Å². The maximum atomic E-state index is 12.7. The van der Waals surface area contributed by atoms with Gasteiger partial charge in [-0.15, -0.1) is 0 Å². The summed E-state index contributed by atoms with van der Waals surface area (Å²) in [6.45, 7) is -0.506. The van der Waals surface area contributed by atoms with Crippen LogP contribution in [-0.4, -0.2) is 39.1 Å². The van der Waals surface area contributed by atoms with E-state index < -0.39 is 18.8 Å². The molecule has 0 saturated carbocycles. The second kappa shape index (κ2) is 5.49. The zero-order valence-electron chi connectivity index (χ0n) is 9.90. The zero-order chi connectivity index (χ0) is 13.0. The van der Waals surface area contributed by atoms with Gasteiger partial charge in [-0.3, -0.25) is 0 Å². The van der Waals surface area contributed by atoms with Gasteiger partial charge in [0.15, 0.2) is 17.6 Å². The van der Waals surface area contributed by atoms with E-state index >= 15 is 0 Å². The summed E-state index contributed by atoms with van der Waals surface area (Å²) in [4.78, 5) is 0. The first-order chi connectivity index (χ1) is 8.61. The molecule has 1 unspecified atom stereocenters. The summed E-state index contributed by atoms with van der Waals surface area (Å²) < 4.78 is 45.2. The second-order valence-corrected chi connectivity index (χ2v) is 3.85. The fraction of sp³-hybridized carbons (Fsp3) is 0.500. The van der Waals surface area contributed by atoms with Crippen LogP contribution in [-0.2, 0) is 9.47 Å². The maximum absolute atomic E-state index is 12.7. The summed E-state index contributed by atoms with van der Waals surface area (Å²) in [6, 6.07) is 7.18. The first-order valence-electron chi connectivity index (χ1n) is 5.50. The zero-order valence-corrected chi connectivity index (χ0v) is 9.90. The van der Waals surface area contributed by atoms with E-state index in [4.69, 9.17) is 14.2 Å². The fourth-order valence-corrected chi connectivity index (χ4v) is 1.51. The van der Waals surface area contributed by atoms with Gasteiger partial charge in [-0.25, -0.2) is 0 Å². The summed E-state index contributed by atoms with van der Waals surface area (Å²) in [5.74, 6) is 1.24. The molecule has 1 heterocycles. The molecule has 0 radical (unpaired) electrons. The summed E-state index contributed by atoms with van der Waals surface area (Å²) >= 11 is 0. The van der Waals surface area contributed by atoms with Gasteiger partial charge >= 0.3 is 6.11 Å². The van der Waals surface area contributed by atoms with Gasteiger partial charge in [-0.1, -0.05) is 12.1 Å². The standard InChI is InChI=1S/C12H14F2O4/c1-15-12(13,14)8-16-6-9-7-17-10-4-2-3-5-11(10)18-9/h2-5,9H,6-8H2,1H3. The summed E-state index contributed by atoms with van der Waals surface area (Å²) in [5.41, 5.74) is 0. The number of hydrogen-bond acceptors (Lipinski definition) is 4. The molecule has 1 aromatic rings. The highest BCUT2D eigenvalue weighted by Gasteiger charge is 2.29. The minimum Gasteiger partial charge on any atom is -0.486 e. The lowest BCUT2D eigenvalue weighted by molar-refractivity contribution is -0.252. The molecule has 100 valence electrons. The lowest BCUT2D eigenvalue weighted by Gasteiger charge is -2.26. The van der Waals surface area contributed by atoms with Crippen LogP contribution in [0.5, 0.6) is 11.5 Å². The third kappa shape index (κ3) is 3.30. The quantitative estimate of drug-likeness (QED) is 0.812. The fourth-order valence-electron chi connectivity index (χ4n) is 1.51. The van der Waals surface area contributed by atoms with E-state index in [1.165, 1.54) is 0 Å². The molecule has 0 N–H and O–H groups in total. The van der Waals surface area contributed by atoms with Crippen molar-refractivity contribution in [1.82, 2.24) is 0 Å². The largest absolute Gasteiger partial charge is 0.486 e. The Morgan fingerprint density at radius 2 is 2.06 bits per heavy atom. The van der Waals surface area contributed by atoms with Crippen molar-refractivity contribution in [3.63, 3.8) is 0 Å². The molecule has 0 spiro atoms. The number of ether oxygens (including phenoxy) is 4. The van der Waals surface area contributed by atoms with Crippen LogP contribution in [0.2, 0.25) is 0 Å². The van der Waals surface area contributed by atoms with Gasteiger partial charge < -0.3 is 18.9 Å². The lowest BCUT2D eigenvalue weighted by Crippen LogP contribution is -2.35. The average molecular weight is 260 g/mol. The first kappa shape index (κ1) is 13.0. The molecule has 1 aliphatic heterocycles. The van der Waals surface area contributed by atoms with E-state index in [9.17, 15) is 8.78 Å². The molecule has 2 rings (SSSR count). The minimum absolute atomic E-state index is 0.0211. The highest BCUT2D eigenvalue weighted by atomic mass is 19.3. The number of benzene rings is 1. The molecule has 18 heavy (non-hydrogen) atoms. The third-order valence-corrected chi connectivity index (χ3v) is 2.44. The second-order valence-electron chi connectivity index (χ2n) is 3.85. The van der Waals surface area contributed by atoms with E-state index in [0.717, 1.165) is 7.11 Å². The van der Waals surface area contributed by atoms with Crippen molar-refractivity contribution >= 4 is 0 Å². The molecular formula is C12H14F2O4. The van der Waals surface area contributed by atoms with Crippen LogP contribution >= 0.6 is 0 Å². The first-order valence-corrected chi connectivity index (χ1v) is 5.50. The van der Waals surface area contributed by atoms with Crippen LogP contribution in [0.25, 0.3) is 0 Å². The van der Waals surface area contributed by atoms with Crippen molar-refractivity contribution in [2.45, 2.75) is 12.2 Å². The van der Waals surface area contributed by atoms with Gasteiger partial charge in [0.25, 0.3) is 0 Å². The lowest BCUT2D eigenvalue weighted by atomic mass is 10.3. The molecule has 0 aliphatic carbocycles. The van der Waals surface area contributed by atoms with Crippen LogP contribution in [0.15, 0.2) is 24.3 Å². The summed E-state index contributed by atoms with van der Waals surface area (Å²) in [5, 5.41) is 0. The van der Waals surface area contributed by atoms with Gasteiger partial charge in [0.05, 0.1) is 6.61 Å². The predicted molar refractivity (Wildman–Crippen MR) is 59.1 cm³/mol. The molecule has 4 nitrogen and oxygen atoms in total. The van der Waals surface area contributed by atoms with Gasteiger partial charge in [0.1, 0.15) is 13.2 Å². The third-order valence-electron chi connectivity index (χ3n) is 2.44. The maximum Gasteiger partial charge on any atom is 0.378 e. The molecule has 0 fully saturated rings. The van der Waals surface area contributed by atoms with Crippen molar-refractivity contribution < 1.29 is 27.7 Å². The molecule has 0 saturated heterocycles. The van der Waals surface area contributed by atoms with E-state index in [1.807, 2.05) is 12.1 Å². The molecular weight excluding hydrogens is 246 g/mol. The van der Waals surface area contributed by atoms with Crippen LogP contribution in [0.1, 0.15) is 0 Å². The van der Waals surface area contributed by atoms with Crippen LogP contribution in [0.4, 0.5) is 8.78 Å². The number of rotatable bonds is 5. The topological polar surface area (TPSA) is 36.9 Å². The minimum atomic E-state index is -3.27. The van der Waals surface area contributed by atoms with Gasteiger partial charge in [-0.2, -0.15) is 8.78 Å². The number of hydrogen-bond donors (Lipinski definition) is 0. The Bertz CT molecular complexity index is 397.